The lowest BCUT2D eigenvalue weighted by Crippen LogP contribution is -2.66. The Morgan fingerprint density at radius 3 is 1.98 bits per heavy atom. The molecular weight excluding hydrogens is 525 g/mol. The van der Waals surface area contributed by atoms with Crippen LogP contribution in [0, 0.1) is 24.6 Å². The molecule has 5 heteroatoms. The Hall–Kier alpha value is -2.31. The first-order valence-corrected chi connectivity index (χ1v) is 17.5. The van der Waals surface area contributed by atoms with Crippen LogP contribution in [0.1, 0.15) is 64.0 Å². The highest BCUT2D eigenvalue weighted by atomic mass is 28.4. The number of benzene rings is 3. The van der Waals surface area contributed by atoms with Crippen LogP contribution in [-0.4, -0.2) is 44.6 Å². The second kappa shape index (κ2) is 11.8. The van der Waals surface area contributed by atoms with Crippen LogP contribution in [0.3, 0.4) is 0 Å². The molecule has 218 valence electrons. The molecule has 2 aliphatic heterocycles. The van der Waals surface area contributed by atoms with Gasteiger partial charge in [-0.05, 0) is 77.9 Å². The summed E-state index contributed by atoms with van der Waals surface area (Å²) in [5.41, 5.74) is 1.69. The van der Waals surface area contributed by atoms with Gasteiger partial charge in [0.15, 0.2) is 0 Å². The number of piperidine rings is 1. The Morgan fingerprint density at radius 1 is 0.805 bits per heavy atom. The predicted molar refractivity (Wildman–Crippen MR) is 168 cm³/mol. The van der Waals surface area contributed by atoms with Crippen LogP contribution in [0.15, 0.2) is 78.9 Å². The molecular formula is C36H46FNO2Si. The zero-order chi connectivity index (χ0) is 28.6. The molecule has 2 heterocycles. The van der Waals surface area contributed by atoms with Gasteiger partial charge in [-0.3, -0.25) is 4.90 Å². The lowest BCUT2D eigenvalue weighted by molar-refractivity contribution is -0.0306. The molecule has 0 amide bonds. The van der Waals surface area contributed by atoms with Crippen molar-refractivity contribution in [3.8, 4) is 0 Å². The molecule has 3 aromatic carbocycles. The summed E-state index contributed by atoms with van der Waals surface area (Å²) in [5, 5.41) is 2.74. The van der Waals surface area contributed by atoms with E-state index in [2.05, 4.69) is 86.3 Å². The van der Waals surface area contributed by atoms with Gasteiger partial charge in [-0.1, -0.05) is 93.6 Å². The number of fused-ring (bicyclic) bond motifs is 2. The largest absolute Gasteiger partial charge is 0.407 e. The Morgan fingerprint density at radius 2 is 1.41 bits per heavy atom. The van der Waals surface area contributed by atoms with Crippen LogP contribution >= 0.6 is 0 Å². The molecule has 0 radical (unpaired) electrons. The normalized spacial score (nSPS) is 26.3. The summed E-state index contributed by atoms with van der Waals surface area (Å²) in [6, 6.07) is 28.5. The third-order valence-corrected chi connectivity index (χ3v) is 15.1. The highest BCUT2D eigenvalue weighted by Gasteiger charge is 2.52. The van der Waals surface area contributed by atoms with E-state index in [9.17, 15) is 4.39 Å². The SMILES string of the molecule is Cc1cccc(F)c1COC1CC2CCC(C1)N2CC1CC1CO[Si](c1ccccc1)(c1ccccc1)C(C)(C)C. The summed E-state index contributed by atoms with van der Waals surface area (Å²) in [7, 11) is -2.48. The fraction of sp³-hybridized carbons (Fsp3) is 0.500. The molecule has 6 rings (SSSR count). The van der Waals surface area contributed by atoms with Gasteiger partial charge in [0.25, 0.3) is 8.32 Å². The van der Waals surface area contributed by atoms with Gasteiger partial charge >= 0.3 is 0 Å². The van der Waals surface area contributed by atoms with Crippen LogP contribution in [-0.2, 0) is 15.8 Å². The van der Waals surface area contributed by atoms with E-state index >= 15 is 0 Å². The molecule has 3 aliphatic rings. The molecule has 2 bridgehead atoms. The average molecular weight is 572 g/mol. The fourth-order valence-electron chi connectivity index (χ4n) is 7.71. The van der Waals surface area contributed by atoms with Gasteiger partial charge in [0, 0.05) is 30.8 Å². The standard InChI is InChI=1S/C36H46FNO2Si/c1-26-12-11-17-35(37)34(26)25-39-31-21-29-18-19-30(22-31)38(29)23-27-20-28(27)24-40-41(36(2,3)4,32-13-7-5-8-14-32)33-15-9-6-10-16-33/h5-17,27-31H,18-25H2,1-4H3. The Bertz CT molecular complexity index is 1240. The third kappa shape index (κ3) is 5.84. The van der Waals surface area contributed by atoms with Crippen LogP contribution in [0.2, 0.25) is 5.04 Å². The second-order valence-electron chi connectivity index (χ2n) is 13.8. The lowest BCUT2D eigenvalue weighted by Gasteiger charge is -2.43. The van der Waals surface area contributed by atoms with Gasteiger partial charge in [-0.25, -0.2) is 4.39 Å². The van der Waals surface area contributed by atoms with Crippen molar-refractivity contribution < 1.29 is 13.6 Å². The van der Waals surface area contributed by atoms with E-state index in [0.717, 1.165) is 30.9 Å². The number of hydrogen-bond donors (Lipinski definition) is 0. The van der Waals surface area contributed by atoms with E-state index < -0.39 is 8.32 Å². The van der Waals surface area contributed by atoms with E-state index in [1.165, 1.54) is 36.2 Å². The molecule has 3 aromatic rings. The van der Waals surface area contributed by atoms with E-state index in [-0.39, 0.29) is 17.0 Å². The van der Waals surface area contributed by atoms with Crippen molar-refractivity contribution in [3.63, 3.8) is 0 Å². The number of aryl methyl sites for hydroxylation is 1. The zero-order valence-electron chi connectivity index (χ0n) is 25.2. The van der Waals surface area contributed by atoms with Crippen LogP contribution in [0.25, 0.3) is 0 Å². The summed E-state index contributed by atoms with van der Waals surface area (Å²) >= 11 is 0. The van der Waals surface area contributed by atoms with Crippen molar-refractivity contribution >= 4 is 18.7 Å². The second-order valence-corrected chi connectivity index (χ2v) is 18.1. The molecule has 4 atom stereocenters. The van der Waals surface area contributed by atoms with Gasteiger partial charge < -0.3 is 9.16 Å². The van der Waals surface area contributed by atoms with E-state index in [1.807, 2.05) is 13.0 Å². The van der Waals surface area contributed by atoms with E-state index in [1.54, 1.807) is 12.1 Å². The first-order valence-electron chi connectivity index (χ1n) is 15.6. The number of rotatable bonds is 10. The van der Waals surface area contributed by atoms with Gasteiger partial charge in [-0.2, -0.15) is 0 Å². The van der Waals surface area contributed by atoms with Crippen molar-refractivity contribution in [2.75, 3.05) is 13.2 Å². The maximum atomic E-state index is 14.3. The maximum Gasteiger partial charge on any atom is 0.261 e. The Kier molecular flexibility index (Phi) is 8.25. The molecule has 0 aromatic heterocycles. The first kappa shape index (κ1) is 28.8. The molecule has 0 spiro atoms. The van der Waals surface area contributed by atoms with E-state index in [0.29, 0.717) is 30.2 Å². The van der Waals surface area contributed by atoms with Gasteiger partial charge in [0.2, 0.25) is 0 Å². The molecule has 4 unspecified atom stereocenters. The average Bonchev–Trinajstić information content (AvgIpc) is 3.66. The third-order valence-electron chi connectivity index (χ3n) is 10.1. The minimum Gasteiger partial charge on any atom is -0.407 e. The molecule has 1 aliphatic carbocycles. The fourth-order valence-corrected chi connectivity index (χ4v) is 12.3. The summed E-state index contributed by atoms with van der Waals surface area (Å²) in [6.45, 7) is 11.5. The van der Waals surface area contributed by atoms with E-state index in [4.69, 9.17) is 9.16 Å². The topological polar surface area (TPSA) is 21.7 Å². The molecule has 2 saturated heterocycles. The Balaban J connectivity index is 1.08. The van der Waals surface area contributed by atoms with Crippen LogP contribution < -0.4 is 10.4 Å². The van der Waals surface area contributed by atoms with Crippen molar-refractivity contribution in [2.24, 2.45) is 11.8 Å². The van der Waals surface area contributed by atoms with Gasteiger partial charge in [-0.15, -0.1) is 0 Å². The van der Waals surface area contributed by atoms with Crippen LogP contribution in [0.5, 0.6) is 0 Å². The first-order chi connectivity index (χ1) is 19.8. The van der Waals surface area contributed by atoms with Crippen molar-refractivity contribution in [2.45, 2.75) is 89.6 Å². The zero-order valence-corrected chi connectivity index (χ0v) is 26.2. The number of hydrogen-bond acceptors (Lipinski definition) is 3. The summed E-state index contributed by atoms with van der Waals surface area (Å²) in [4.78, 5) is 2.79. The van der Waals surface area contributed by atoms with Crippen molar-refractivity contribution in [1.29, 1.82) is 0 Å². The molecule has 3 nitrogen and oxygen atoms in total. The number of halogens is 1. The minimum atomic E-state index is -2.48. The highest BCUT2D eigenvalue weighted by molar-refractivity contribution is 6.99. The molecule has 0 N–H and O–H groups in total. The lowest BCUT2D eigenvalue weighted by atomic mass is 9.99. The van der Waals surface area contributed by atoms with Crippen LogP contribution in [0.4, 0.5) is 4.39 Å². The maximum absolute atomic E-state index is 14.3. The van der Waals surface area contributed by atoms with Crippen molar-refractivity contribution in [1.82, 2.24) is 4.90 Å². The Labute approximate surface area is 247 Å². The summed E-state index contributed by atoms with van der Waals surface area (Å²) < 4.78 is 27.9. The number of ether oxygens (including phenoxy) is 1. The quantitative estimate of drug-likeness (QED) is 0.248. The van der Waals surface area contributed by atoms with Crippen molar-refractivity contribution in [3.05, 3.63) is 95.8 Å². The summed E-state index contributed by atoms with van der Waals surface area (Å²) in [5.74, 6) is 1.20. The smallest absolute Gasteiger partial charge is 0.261 e. The molecule has 41 heavy (non-hydrogen) atoms. The molecule has 1 saturated carbocycles. The predicted octanol–water partition coefficient (Wildman–Crippen LogP) is 6.86. The monoisotopic (exact) mass is 571 g/mol. The minimum absolute atomic E-state index is 0.0162. The summed E-state index contributed by atoms with van der Waals surface area (Å²) in [6.07, 6.45) is 6.16. The van der Waals surface area contributed by atoms with Gasteiger partial charge in [0.05, 0.1) is 12.7 Å². The number of nitrogens with zero attached hydrogens (tertiary/aromatic N) is 1. The molecule has 3 fully saturated rings. The highest BCUT2D eigenvalue weighted by Crippen LogP contribution is 2.46. The van der Waals surface area contributed by atoms with Gasteiger partial charge in [0.1, 0.15) is 5.82 Å².